The van der Waals surface area contributed by atoms with Crippen LogP contribution in [0.2, 0.25) is 0 Å². The van der Waals surface area contributed by atoms with Gasteiger partial charge in [0.05, 0.1) is 6.26 Å². The van der Waals surface area contributed by atoms with Gasteiger partial charge in [-0.3, -0.25) is 0 Å². The van der Waals surface area contributed by atoms with Crippen LogP contribution in [0.5, 0.6) is 0 Å². The van der Waals surface area contributed by atoms with Gasteiger partial charge in [0.2, 0.25) is 0 Å². The predicted molar refractivity (Wildman–Crippen MR) is 200 cm³/mol. The topological polar surface area (TPSA) is 26.3 Å². The fourth-order valence-corrected chi connectivity index (χ4v) is 9.03. The van der Waals surface area contributed by atoms with Crippen LogP contribution in [0, 0.1) is 0 Å². The summed E-state index contributed by atoms with van der Waals surface area (Å²) in [6, 6.07) is 50.6. The van der Waals surface area contributed by atoms with E-state index >= 15 is 0 Å². The SMILES string of the molecule is c1ccc2c(c1)ccc1oc3cc(-c4c5ccccc5c(-c5ccc6sc7ccc8occc8c7c6c5)c5ccccc45)ccc3c12. The van der Waals surface area contributed by atoms with E-state index in [-0.39, 0.29) is 0 Å². The van der Waals surface area contributed by atoms with Crippen molar-refractivity contribution >= 4 is 96.7 Å². The highest BCUT2D eigenvalue weighted by Gasteiger charge is 2.19. The molecule has 3 heteroatoms. The lowest BCUT2D eigenvalue weighted by molar-refractivity contribution is 0.616. The summed E-state index contributed by atoms with van der Waals surface area (Å²) in [4.78, 5) is 0. The molecule has 0 aliphatic rings. The van der Waals surface area contributed by atoms with Crippen molar-refractivity contribution in [3.63, 3.8) is 0 Å². The Morgan fingerprint density at radius 3 is 1.77 bits per heavy atom. The summed E-state index contributed by atoms with van der Waals surface area (Å²) in [5.74, 6) is 0. The lowest BCUT2D eigenvalue weighted by Gasteiger charge is -2.18. The van der Waals surface area contributed by atoms with E-state index in [9.17, 15) is 0 Å². The minimum Gasteiger partial charge on any atom is -0.464 e. The van der Waals surface area contributed by atoms with Crippen molar-refractivity contribution in [1.82, 2.24) is 0 Å². The predicted octanol–water partition coefficient (Wildman–Crippen LogP) is 13.5. The Morgan fingerprint density at radius 1 is 0.383 bits per heavy atom. The molecular formula is C44H24O2S. The lowest BCUT2D eigenvalue weighted by Crippen LogP contribution is -1.90. The number of thiophene rings is 1. The van der Waals surface area contributed by atoms with Gasteiger partial charge in [-0.05, 0) is 103 Å². The number of furan rings is 2. The Hall–Kier alpha value is -5.90. The van der Waals surface area contributed by atoms with Gasteiger partial charge in [0, 0.05) is 36.3 Å². The second-order valence-corrected chi connectivity index (χ2v) is 13.5. The van der Waals surface area contributed by atoms with E-state index in [1.165, 1.54) is 80.0 Å². The van der Waals surface area contributed by atoms with Crippen LogP contribution in [0.1, 0.15) is 0 Å². The maximum Gasteiger partial charge on any atom is 0.136 e. The van der Waals surface area contributed by atoms with Gasteiger partial charge in [0.15, 0.2) is 0 Å². The molecular weight excluding hydrogens is 593 g/mol. The zero-order valence-corrected chi connectivity index (χ0v) is 25.9. The van der Waals surface area contributed by atoms with E-state index in [0.29, 0.717) is 0 Å². The second-order valence-electron chi connectivity index (χ2n) is 12.4. The van der Waals surface area contributed by atoms with E-state index in [1.807, 2.05) is 11.3 Å². The average molecular weight is 617 g/mol. The Bertz CT molecular complexity index is 3020. The Kier molecular flexibility index (Phi) is 5.02. The molecule has 2 nitrogen and oxygen atoms in total. The standard InChI is InChI=1S/C44H24O2S/c1-2-8-28-25(7-1)14-17-37-43(28)33-16-13-27(24-38(33)46-37)42-31-11-5-3-9-29(31)41(30-10-4-6-12-32(30)42)26-15-19-39-35(23-26)44-34-21-22-45-36(34)18-20-40(44)47-39/h1-24H. The van der Waals surface area contributed by atoms with Crippen LogP contribution in [0.4, 0.5) is 0 Å². The summed E-state index contributed by atoms with van der Waals surface area (Å²) in [7, 11) is 0. The van der Waals surface area contributed by atoms with Crippen molar-refractivity contribution in [2.45, 2.75) is 0 Å². The first-order valence-electron chi connectivity index (χ1n) is 15.9. The molecule has 0 N–H and O–H groups in total. The van der Waals surface area contributed by atoms with Crippen LogP contribution in [-0.2, 0) is 0 Å². The first-order chi connectivity index (χ1) is 23.3. The summed E-state index contributed by atoms with van der Waals surface area (Å²) in [5, 5.41) is 13.4. The third-order valence-electron chi connectivity index (χ3n) is 9.94. The first kappa shape index (κ1) is 25.3. The van der Waals surface area contributed by atoms with Gasteiger partial charge >= 0.3 is 0 Å². The molecule has 0 aliphatic heterocycles. The summed E-state index contributed by atoms with van der Waals surface area (Å²) >= 11 is 1.84. The minimum absolute atomic E-state index is 0.909. The summed E-state index contributed by atoms with van der Waals surface area (Å²) in [6.07, 6.45) is 1.79. The highest BCUT2D eigenvalue weighted by atomic mass is 32.1. The molecule has 11 rings (SSSR count). The van der Waals surface area contributed by atoms with E-state index < -0.39 is 0 Å². The molecule has 0 atom stereocenters. The van der Waals surface area contributed by atoms with Crippen molar-refractivity contribution in [2.24, 2.45) is 0 Å². The molecule has 0 aliphatic carbocycles. The summed E-state index contributed by atoms with van der Waals surface area (Å²) in [6.45, 7) is 0. The van der Waals surface area contributed by atoms with Crippen molar-refractivity contribution in [3.05, 3.63) is 146 Å². The zero-order valence-electron chi connectivity index (χ0n) is 25.1. The first-order valence-corrected chi connectivity index (χ1v) is 16.7. The fourth-order valence-electron chi connectivity index (χ4n) is 7.93. The van der Waals surface area contributed by atoms with Gasteiger partial charge in [-0.1, -0.05) is 91.0 Å². The number of rotatable bonds is 2. The van der Waals surface area contributed by atoms with Gasteiger partial charge in [-0.25, -0.2) is 0 Å². The molecule has 0 saturated heterocycles. The number of benzene rings is 8. The van der Waals surface area contributed by atoms with Crippen LogP contribution in [0.3, 0.4) is 0 Å². The van der Waals surface area contributed by atoms with Gasteiger partial charge < -0.3 is 8.83 Å². The molecule has 11 aromatic rings. The molecule has 0 saturated carbocycles. The van der Waals surface area contributed by atoms with Gasteiger partial charge in [-0.2, -0.15) is 0 Å². The second kappa shape index (κ2) is 9.32. The average Bonchev–Trinajstić information content (AvgIpc) is 3.85. The van der Waals surface area contributed by atoms with Crippen molar-refractivity contribution in [2.75, 3.05) is 0 Å². The van der Waals surface area contributed by atoms with Crippen LogP contribution in [0.15, 0.2) is 155 Å². The Labute approximate surface area is 272 Å². The Morgan fingerprint density at radius 2 is 1.00 bits per heavy atom. The summed E-state index contributed by atoms with van der Waals surface area (Å²) in [5.41, 5.74) is 7.62. The fraction of sp³-hybridized carbons (Fsp3) is 0. The summed E-state index contributed by atoms with van der Waals surface area (Å²) < 4.78 is 14.9. The molecule has 3 heterocycles. The molecule has 0 spiro atoms. The third-order valence-corrected chi connectivity index (χ3v) is 11.1. The molecule has 3 aromatic heterocycles. The zero-order chi connectivity index (χ0) is 30.6. The quantitative estimate of drug-likeness (QED) is 0.181. The van der Waals surface area contributed by atoms with E-state index in [2.05, 4.69) is 140 Å². The third kappa shape index (κ3) is 3.49. The number of fused-ring (bicyclic) bond motifs is 12. The largest absolute Gasteiger partial charge is 0.464 e. The highest BCUT2D eigenvalue weighted by Crippen LogP contribution is 2.47. The van der Waals surface area contributed by atoms with Crippen molar-refractivity contribution < 1.29 is 8.83 Å². The van der Waals surface area contributed by atoms with E-state index in [0.717, 1.165) is 27.7 Å². The van der Waals surface area contributed by atoms with Gasteiger partial charge in [-0.15, -0.1) is 11.3 Å². The molecule has 218 valence electrons. The Balaban J connectivity index is 1.20. The van der Waals surface area contributed by atoms with Crippen LogP contribution < -0.4 is 0 Å². The van der Waals surface area contributed by atoms with Gasteiger partial charge in [0.1, 0.15) is 16.7 Å². The molecule has 47 heavy (non-hydrogen) atoms. The van der Waals surface area contributed by atoms with Crippen molar-refractivity contribution in [1.29, 1.82) is 0 Å². The number of hydrogen-bond donors (Lipinski definition) is 0. The molecule has 0 bridgehead atoms. The van der Waals surface area contributed by atoms with E-state index in [1.54, 1.807) is 6.26 Å². The van der Waals surface area contributed by atoms with E-state index in [4.69, 9.17) is 8.83 Å². The highest BCUT2D eigenvalue weighted by molar-refractivity contribution is 7.26. The van der Waals surface area contributed by atoms with Crippen LogP contribution in [0.25, 0.3) is 108 Å². The van der Waals surface area contributed by atoms with Crippen LogP contribution >= 0.6 is 11.3 Å². The maximum absolute atomic E-state index is 6.53. The molecule has 0 fully saturated rings. The molecule has 8 aromatic carbocycles. The monoisotopic (exact) mass is 616 g/mol. The van der Waals surface area contributed by atoms with Crippen LogP contribution in [-0.4, -0.2) is 0 Å². The molecule has 0 unspecified atom stereocenters. The van der Waals surface area contributed by atoms with Crippen molar-refractivity contribution in [3.8, 4) is 22.3 Å². The normalized spacial score (nSPS) is 12.3. The van der Waals surface area contributed by atoms with Gasteiger partial charge in [0.25, 0.3) is 0 Å². The lowest BCUT2D eigenvalue weighted by atomic mass is 9.85. The maximum atomic E-state index is 6.53. The smallest absolute Gasteiger partial charge is 0.136 e. The molecule has 0 radical (unpaired) electrons. The minimum atomic E-state index is 0.909. The number of hydrogen-bond acceptors (Lipinski definition) is 3. The molecule has 0 amide bonds.